The van der Waals surface area contributed by atoms with Crippen molar-refractivity contribution in [2.45, 2.75) is 51.2 Å². The zero-order chi connectivity index (χ0) is 11.3. The number of imidazole rings is 1. The van der Waals surface area contributed by atoms with Gasteiger partial charge in [-0.2, -0.15) is 0 Å². The summed E-state index contributed by atoms with van der Waals surface area (Å²) in [6.45, 7) is 4.60. The van der Waals surface area contributed by atoms with Gasteiger partial charge in [-0.15, -0.1) is 0 Å². The maximum atomic E-state index is 5.51. The second-order valence-electron chi connectivity index (χ2n) is 5.80. The molecule has 0 amide bonds. The summed E-state index contributed by atoms with van der Waals surface area (Å²) in [5.41, 5.74) is 1.67. The van der Waals surface area contributed by atoms with Crippen molar-refractivity contribution in [1.82, 2.24) is 9.55 Å². The van der Waals surface area contributed by atoms with Crippen molar-refractivity contribution in [2.24, 2.45) is 5.41 Å². The van der Waals surface area contributed by atoms with E-state index in [1.807, 2.05) is 19.6 Å². The van der Waals surface area contributed by atoms with Crippen LogP contribution in [0.25, 0.3) is 0 Å². The molecule has 0 saturated heterocycles. The number of ether oxygens (including phenoxy) is 1. The molecule has 3 heteroatoms. The van der Waals surface area contributed by atoms with Gasteiger partial charge in [0.05, 0.1) is 12.4 Å². The molecule has 16 heavy (non-hydrogen) atoms. The third-order valence-electron chi connectivity index (χ3n) is 4.44. The summed E-state index contributed by atoms with van der Waals surface area (Å²) in [7, 11) is 1.82. The number of hydrogen-bond acceptors (Lipinski definition) is 2. The van der Waals surface area contributed by atoms with Crippen molar-refractivity contribution < 1.29 is 4.74 Å². The zero-order valence-electron chi connectivity index (χ0n) is 10.3. The van der Waals surface area contributed by atoms with Crippen LogP contribution in [-0.4, -0.2) is 22.8 Å². The highest BCUT2D eigenvalue weighted by Crippen LogP contribution is 2.53. The van der Waals surface area contributed by atoms with Crippen molar-refractivity contribution >= 4 is 0 Å². The Labute approximate surface area is 96.8 Å². The average molecular weight is 220 g/mol. The second kappa shape index (κ2) is 3.33. The fourth-order valence-electron chi connectivity index (χ4n) is 3.01. The Bertz CT molecular complexity index is 392. The first-order valence-corrected chi connectivity index (χ1v) is 6.19. The SMILES string of the molecule is COC1CC(n2cncc2C2CC2)C1(C)C. The van der Waals surface area contributed by atoms with E-state index >= 15 is 0 Å². The van der Waals surface area contributed by atoms with Crippen LogP contribution in [0, 0.1) is 5.41 Å². The van der Waals surface area contributed by atoms with Gasteiger partial charge < -0.3 is 9.30 Å². The number of rotatable bonds is 3. The van der Waals surface area contributed by atoms with Crippen LogP contribution in [0.15, 0.2) is 12.5 Å². The Kier molecular flexibility index (Phi) is 2.15. The van der Waals surface area contributed by atoms with Gasteiger partial charge in [0.15, 0.2) is 0 Å². The lowest BCUT2D eigenvalue weighted by Gasteiger charge is -2.52. The molecule has 1 heterocycles. The van der Waals surface area contributed by atoms with Gasteiger partial charge in [0.2, 0.25) is 0 Å². The van der Waals surface area contributed by atoms with Crippen molar-refractivity contribution in [3.63, 3.8) is 0 Å². The molecule has 2 aliphatic carbocycles. The largest absolute Gasteiger partial charge is 0.381 e. The molecule has 0 N–H and O–H groups in total. The lowest BCUT2D eigenvalue weighted by Crippen LogP contribution is -2.51. The Morgan fingerprint density at radius 3 is 2.75 bits per heavy atom. The third-order valence-corrected chi connectivity index (χ3v) is 4.44. The lowest BCUT2D eigenvalue weighted by atomic mass is 9.64. The van der Waals surface area contributed by atoms with Gasteiger partial charge in [0.25, 0.3) is 0 Å². The molecule has 0 bridgehead atoms. The minimum atomic E-state index is 0.235. The molecule has 1 aromatic rings. The van der Waals surface area contributed by atoms with Gasteiger partial charge in [-0.25, -0.2) is 4.98 Å². The van der Waals surface area contributed by atoms with E-state index in [-0.39, 0.29) is 5.41 Å². The molecule has 3 nitrogen and oxygen atoms in total. The number of hydrogen-bond donors (Lipinski definition) is 0. The molecule has 2 aliphatic rings. The highest BCUT2D eigenvalue weighted by molar-refractivity contribution is 5.17. The van der Waals surface area contributed by atoms with Crippen LogP contribution in [0.3, 0.4) is 0 Å². The van der Waals surface area contributed by atoms with Crippen LogP contribution in [0.1, 0.15) is 50.8 Å². The molecule has 2 atom stereocenters. The van der Waals surface area contributed by atoms with E-state index in [0.29, 0.717) is 12.1 Å². The Morgan fingerprint density at radius 2 is 2.19 bits per heavy atom. The molecular formula is C13H20N2O. The van der Waals surface area contributed by atoms with E-state index in [1.54, 1.807) is 0 Å². The normalized spacial score (nSPS) is 32.4. The maximum absolute atomic E-state index is 5.51. The molecular weight excluding hydrogens is 200 g/mol. The summed E-state index contributed by atoms with van der Waals surface area (Å²) in [5, 5.41) is 0. The Balaban J connectivity index is 1.85. The fraction of sp³-hybridized carbons (Fsp3) is 0.769. The van der Waals surface area contributed by atoms with Gasteiger partial charge in [-0.1, -0.05) is 13.8 Å². The summed E-state index contributed by atoms with van der Waals surface area (Å²) in [4.78, 5) is 4.32. The van der Waals surface area contributed by atoms with Crippen LogP contribution < -0.4 is 0 Å². The topological polar surface area (TPSA) is 27.1 Å². The molecule has 2 unspecified atom stereocenters. The summed E-state index contributed by atoms with van der Waals surface area (Å²) in [6, 6.07) is 0.565. The molecule has 0 aliphatic heterocycles. The van der Waals surface area contributed by atoms with Gasteiger partial charge in [0.1, 0.15) is 0 Å². The Hall–Kier alpha value is -0.830. The first-order chi connectivity index (χ1) is 7.64. The predicted octanol–water partition coefficient (Wildman–Crippen LogP) is 2.75. The molecule has 3 rings (SSSR count). The minimum absolute atomic E-state index is 0.235. The molecule has 0 aromatic carbocycles. The highest BCUT2D eigenvalue weighted by Gasteiger charge is 2.50. The second-order valence-corrected chi connectivity index (χ2v) is 5.80. The van der Waals surface area contributed by atoms with Gasteiger partial charge in [0, 0.05) is 36.4 Å². The predicted molar refractivity (Wildman–Crippen MR) is 62.4 cm³/mol. The van der Waals surface area contributed by atoms with Crippen molar-refractivity contribution in [2.75, 3.05) is 7.11 Å². The van der Waals surface area contributed by atoms with E-state index in [1.165, 1.54) is 18.5 Å². The van der Waals surface area contributed by atoms with Gasteiger partial charge in [-0.05, 0) is 19.3 Å². The molecule has 1 aromatic heterocycles. The third kappa shape index (κ3) is 1.34. The van der Waals surface area contributed by atoms with Crippen LogP contribution in [0.2, 0.25) is 0 Å². The summed E-state index contributed by atoms with van der Waals surface area (Å²) < 4.78 is 7.91. The van der Waals surface area contributed by atoms with Crippen LogP contribution in [0.4, 0.5) is 0 Å². The Morgan fingerprint density at radius 1 is 1.44 bits per heavy atom. The lowest BCUT2D eigenvalue weighted by molar-refractivity contribution is -0.113. The quantitative estimate of drug-likeness (QED) is 0.783. The first-order valence-electron chi connectivity index (χ1n) is 6.19. The van der Waals surface area contributed by atoms with E-state index in [0.717, 1.165) is 12.3 Å². The van der Waals surface area contributed by atoms with E-state index < -0.39 is 0 Å². The molecule has 0 radical (unpaired) electrons. The smallest absolute Gasteiger partial charge is 0.0951 e. The van der Waals surface area contributed by atoms with E-state index in [4.69, 9.17) is 4.74 Å². The summed E-state index contributed by atoms with van der Waals surface area (Å²) >= 11 is 0. The standard InChI is InChI=1S/C13H20N2O/c1-13(2)11(6-12(13)16-3)15-8-14-7-10(15)9-4-5-9/h7-9,11-12H,4-6H2,1-3H3. The molecule has 88 valence electrons. The first kappa shape index (κ1) is 10.3. The number of nitrogens with zero attached hydrogens (tertiary/aromatic N) is 2. The van der Waals surface area contributed by atoms with E-state index in [9.17, 15) is 0 Å². The molecule has 0 spiro atoms. The molecule has 2 fully saturated rings. The van der Waals surface area contributed by atoms with Crippen LogP contribution in [0.5, 0.6) is 0 Å². The maximum Gasteiger partial charge on any atom is 0.0951 e. The van der Waals surface area contributed by atoms with Crippen LogP contribution >= 0.6 is 0 Å². The van der Waals surface area contributed by atoms with Crippen molar-refractivity contribution in [3.05, 3.63) is 18.2 Å². The van der Waals surface area contributed by atoms with Gasteiger partial charge in [-0.3, -0.25) is 0 Å². The number of aromatic nitrogens is 2. The fourth-order valence-corrected chi connectivity index (χ4v) is 3.01. The minimum Gasteiger partial charge on any atom is -0.381 e. The van der Waals surface area contributed by atoms with Crippen molar-refractivity contribution in [1.29, 1.82) is 0 Å². The van der Waals surface area contributed by atoms with Crippen LogP contribution in [-0.2, 0) is 4.74 Å². The summed E-state index contributed by atoms with van der Waals surface area (Å²) in [5.74, 6) is 0.778. The summed E-state index contributed by atoms with van der Waals surface area (Å²) in [6.07, 6.45) is 8.25. The zero-order valence-corrected chi connectivity index (χ0v) is 10.3. The number of methoxy groups -OCH3 is 1. The highest BCUT2D eigenvalue weighted by atomic mass is 16.5. The monoisotopic (exact) mass is 220 g/mol. The average Bonchev–Trinajstić information content (AvgIpc) is 2.98. The van der Waals surface area contributed by atoms with Gasteiger partial charge >= 0.3 is 0 Å². The van der Waals surface area contributed by atoms with Crippen molar-refractivity contribution in [3.8, 4) is 0 Å². The van der Waals surface area contributed by atoms with E-state index in [2.05, 4.69) is 23.4 Å². The molecule has 2 saturated carbocycles.